The molecule has 1 aliphatic carbocycles. The molecule has 0 radical (unpaired) electrons. The zero-order chi connectivity index (χ0) is 17.0. The first-order chi connectivity index (χ1) is 11.8. The van der Waals surface area contributed by atoms with Gasteiger partial charge in [-0.3, -0.25) is 0 Å². The summed E-state index contributed by atoms with van der Waals surface area (Å²) in [5.74, 6) is 1.23. The Morgan fingerprint density at radius 1 is 1.08 bits per heavy atom. The lowest BCUT2D eigenvalue weighted by molar-refractivity contribution is -0.107. The molecule has 0 heterocycles. The van der Waals surface area contributed by atoms with Crippen molar-refractivity contribution in [1.29, 1.82) is 0 Å². The minimum Gasteiger partial charge on any atom is -0.445 e. The van der Waals surface area contributed by atoms with Crippen LogP contribution in [-0.2, 0) is 16.1 Å². The third-order valence-electron chi connectivity index (χ3n) is 4.59. The highest BCUT2D eigenvalue weighted by Gasteiger charge is 2.21. The number of carbonyl (C=O) groups excluding carboxylic acids is 2. The molecule has 1 aliphatic rings. The Hall–Kier alpha value is -1.88. The van der Waals surface area contributed by atoms with Crippen LogP contribution in [0.15, 0.2) is 30.3 Å². The first-order valence-corrected chi connectivity index (χ1v) is 8.87. The van der Waals surface area contributed by atoms with E-state index < -0.39 is 0 Å². The van der Waals surface area contributed by atoms with Gasteiger partial charge in [-0.25, -0.2) is 4.79 Å². The zero-order valence-corrected chi connectivity index (χ0v) is 14.2. The van der Waals surface area contributed by atoms with Crippen molar-refractivity contribution in [2.24, 2.45) is 11.8 Å². The number of ether oxygens (including phenoxy) is 1. The van der Waals surface area contributed by atoms with E-state index >= 15 is 0 Å². The molecule has 0 aromatic heterocycles. The molecule has 2 rings (SSSR count). The van der Waals surface area contributed by atoms with Gasteiger partial charge in [-0.1, -0.05) is 30.3 Å². The Labute approximate surface area is 144 Å². The van der Waals surface area contributed by atoms with E-state index in [2.05, 4.69) is 10.6 Å². The maximum atomic E-state index is 11.8. The van der Waals surface area contributed by atoms with Gasteiger partial charge in [-0.05, 0) is 49.6 Å². The molecule has 1 fully saturated rings. The molecule has 132 valence electrons. The fraction of sp³-hybridized carbons (Fsp3) is 0.579. The summed E-state index contributed by atoms with van der Waals surface area (Å²) in [5.41, 5.74) is 0.996. The molecule has 1 saturated carbocycles. The summed E-state index contributed by atoms with van der Waals surface area (Å²) < 4.78 is 5.23. The highest BCUT2D eigenvalue weighted by atomic mass is 16.5. The fourth-order valence-corrected chi connectivity index (χ4v) is 3.11. The summed E-state index contributed by atoms with van der Waals surface area (Å²) in [6, 6.07) is 9.69. The second-order valence-corrected chi connectivity index (χ2v) is 6.49. The van der Waals surface area contributed by atoms with Gasteiger partial charge in [0.25, 0.3) is 0 Å². The summed E-state index contributed by atoms with van der Waals surface area (Å²) in [7, 11) is 0. The van der Waals surface area contributed by atoms with Crippen LogP contribution in [-0.4, -0.2) is 32.0 Å². The van der Waals surface area contributed by atoms with Crippen LogP contribution < -0.4 is 10.6 Å². The number of benzene rings is 1. The van der Waals surface area contributed by atoms with Gasteiger partial charge in [-0.2, -0.15) is 0 Å². The van der Waals surface area contributed by atoms with Crippen molar-refractivity contribution in [2.75, 3.05) is 19.6 Å². The second-order valence-electron chi connectivity index (χ2n) is 6.49. The van der Waals surface area contributed by atoms with E-state index in [0.29, 0.717) is 31.4 Å². The van der Waals surface area contributed by atoms with Gasteiger partial charge in [0.2, 0.25) is 0 Å². The van der Waals surface area contributed by atoms with Crippen molar-refractivity contribution in [1.82, 2.24) is 10.6 Å². The molecular formula is C19H28N2O3. The van der Waals surface area contributed by atoms with Crippen LogP contribution >= 0.6 is 0 Å². The maximum Gasteiger partial charge on any atom is 0.407 e. The summed E-state index contributed by atoms with van der Waals surface area (Å²) in [6.07, 6.45) is 5.84. The molecule has 1 aromatic carbocycles. The molecular weight excluding hydrogens is 304 g/mol. The SMILES string of the molecule is O=CCCNCC1CCC(CNC(=O)OCc2ccccc2)CC1. The summed E-state index contributed by atoms with van der Waals surface area (Å²) in [4.78, 5) is 22.0. The first kappa shape index (κ1) is 18.5. The van der Waals surface area contributed by atoms with Gasteiger partial charge in [0.1, 0.15) is 12.9 Å². The number of aldehydes is 1. The van der Waals surface area contributed by atoms with Crippen LogP contribution in [0.5, 0.6) is 0 Å². The van der Waals surface area contributed by atoms with E-state index in [9.17, 15) is 9.59 Å². The third kappa shape index (κ3) is 7.13. The minimum atomic E-state index is -0.337. The van der Waals surface area contributed by atoms with Crippen molar-refractivity contribution in [3.05, 3.63) is 35.9 Å². The molecule has 0 spiro atoms. The Morgan fingerprint density at radius 3 is 2.42 bits per heavy atom. The molecule has 1 aromatic rings. The number of amides is 1. The molecule has 5 heteroatoms. The van der Waals surface area contributed by atoms with Crippen LogP contribution in [0, 0.1) is 11.8 Å². The first-order valence-electron chi connectivity index (χ1n) is 8.87. The lowest BCUT2D eigenvalue weighted by Gasteiger charge is -2.28. The monoisotopic (exact) mass is 332 g/mol. The molecule has 2 N–H and O–H groups in total. The highest BCUT2D eigenvalue weighted by Crippen LogP contribution is 2.27. The Balaban J connectivity index is 1.53. The number of rotatable bonds is 9. The highest BCUT2D eigenvalue weighted by molar-refractivity contribution is 5.67. The Kier molecular flexibility index (Phi) is 8.32. The average Bonchev–Trinajstić information content (AvgIpc) is 2.64. The molecule has 1 amide bonds. The van der Waals surface area contributed by atoms with Gasteiger partial charge >= 0.3 is 6.09 Å². The topological polar surface area (TPSA) is 67.4 Å². The predicted molar refractivity (Wildman–Crippen MR) is 93.6 cm³/mol. The summed E-state index contributed by atoms with van der Waals surface area (Å²) in [6.45, 7) is 2.77. The molecule has 0 unspecified atom stereocenters. The third-order valence-corrected chi connectivity index (χ3v) is 4.59. The van der Waals surface area contributed by atoms with E-state index in [-0.39, 0.29) is 6.09 Å². The molecule has 0 aliphatic heterocycles. The molecule has 0 atom stereocenters. The minimum absolute atomic E-state index is 0.311. The van der Waals surface area contributed by atoms with E-state index in [4.69, 9.17) is 4.74 Å². The van der Waals surface area contributed by atoms with Crippen molar-refractivity contribution >= 4 is 12.4 Å². The molecule has 5 nitrogen and oxygen atoms in total. The Morgan fingerprint density at radius 2 is 1.75 bits per heavy atom. The lowest BCUT2D eigenvalue weighted by Crippen LogP contribution is -2.33. The largest absolute Gasteiger partial charge is 0.445 e. The quantitative estimate of drug-likeness (QED) is 0.539. The van der Waals surface area contributed by atoms with Crippen LogP contribution in [0.25, 0.3) is 0 Å². The number of alkyl carbamates (subject to hydrolysis) is 1. The maximum absolute atomic E-state index is 11.8. The normalized spacial score (nSPS) is 20.3. The smallest absolute Gasteiger partial charge is 0.407 e. The average molecular weight is 332 g/mol. The van der Waals surface area contributed by atoms with Crippen molar-refractivity contribution in [2.45, 2.75) is 38.7 Å². The van der Waals surface area contributed by atoms with E-state index in [1.165, 1.54) is 12.8 Å². The van der Waals surface area contributed by atoms with Crippen molar-refractivity contribution in [3.63, 3.8) is 0 Å². The van der Waals surface area contributed by atoms with Crippen LogP contribution in [0.2, 0.25) is 0 Å². The van der Waals surface area contributed by atoms with Crippen LogP contribution in [0.3, 0.4) is 0 Å². The van der Waals surface area contributed by atoms with Gasteiger partial charge in [0.15, 0.2) is 0 Å². The summed E-state index contributed by atoms with van der Waals surface area (Å²) in [5, 5.41) is 6.21. The number of hydrogen-bond acceptors (Lipinski definition) is 4. The lowest BCUT2D eigenvalue weighted by atomic mass is 9.82. The van der Waals surface area contributed by atoms with Crippen LogP contribution in [0.1, 0.15) is 37.7 Å². The van der Waals surface area contributed by atoms with E-state index in [1.54, 1.807) is 0 Å². The molecule has 24 heavy (non-hydrogen) atoms. The van der Waals surface area contributed by atoms with Gasteiger partial charge in [-0.15, -0.1) is 0 Å². The number of carbonyl (C=O) groups is 2. The number of nitrogens with one attached hydrogen (secondary N) is 2. The molecule has 0 saturated heterocycles. The van der Waals surface area contributed by atoms with Crippen molar-refractivity contribution in [3.8, 4) is 0 Å². The van der Waals surface area contributed by atoms with Gasteiger partial charge in [0, 0.05) is 19.5 Å². The number of hydrogen-bond donors (Lipinski definition) is 2. The predicted octanol–water partition coefficient (Wildman–Crippen LogP) is 2.90. The zero-order valence-electron chi connectivity index (χ0n) is 14.2. The second kappa shape index (κ2) is 10.8. The van der Waals surface area contributed by atoms with Gasteiger partial charge < -0.3 is 20.2 Å². The van der Waals surface area contributed by atoms with E-state index in [1.807, 2.05) is 30.3 Å². The molecule has 0 bridgehead atoms. The standard InChI is InChI=1S/C19H28N2O3/c22-12-4-11-20-13-16-7-9-17(10-8-16)14-21-19(23)24-15-18-5-2-1-3-6-18/h1-3,5-6,12,16-17,20H,4,7-11,13-15H2,(H,21,23). The van der Waals surface area contributed by atoms with E-state index in [0.717, 1.165) is 37.8 Å². The Bertz CT molecular complexity index is 485. The van der Waals surface area contributed by atoms with Gasteiger partial charge in [0.05, 0.1) is 0 Å². The van der Waals surface area contributed by atoms with Crippen LogP contribution in [0.4, 0.5) is 4.79 Å². The van der Waals surface area contributed by atoms with Crippen molar-refractivity contribution < 1.29 is 14.3 Å². The fourth-order valence-electron chi connectivity index (χ4n) is 3.11. The summed E-state index contributed by atoms with van der Waals surface area (Å²) >= 11 is 0.